The molecule has 0 aromatic heterocycles. The summed E-state index contributed by atoms with van der Waals surface area (Å²) >= 11 is 2.22. The van der Waals surface area contributed by atoms with Crippen LogP contribution >= 0.6 is 0 Å². The monoisotopic (exact) mass is 463 g/mol. The Labute approximate surface area is 178 Å². The minimum atomic E-state index is -1.77. The molecule has 3 rings (SSSR count). The maximum Gasteiger partial charge on any atom is -1.00 e. The molecule has 0 aromatic carbocycles. The predicted octanol–water partition coefficient (Wildman–Crippen LogP) is -1.67. The molecule has 1 unspecified atom stereocenters. The molecular weight excluding hydrogens is 439 g/mol. The van der Waals surface area contributed by atoms with Gasteiger partial charge in [-0.25, -0.2) is 0 Å². The van der Waals surface area contributed by atoms with Gasteiger partial charge in [0, 0.05) is 0 Å². The van der Waals surface area contributed by atoms with Crippen molar-refractivity contribution in [2.24, 2.45) is 0 Å². The zero-order valence-electron chi connectivity index (χ0n) is 15.9. The van der Waals surface area contributed by atoms with E-state index in [2.05, 4.69) is 72.7 Å². The summed E-state index contributed by atoms with van der Waals surface area (Å²) in [7, 11) is -4.57. The van der Waals surface area contributed by atoms with Crippen molar-refractivity contribution in [2.75, 3.05) is 0 Å². The first-order valence-corrected chi connectivity index (χ1v) is 19.2. The topological polar surface area (TPSA) is 26.3 Å². The van der Waals surface area contributed by atoms with Crippen molar-refractivity contribution in [2.45, 2.75) is 52.2 Å². The van der Waals surface area contributed by atoms with Gasteiger partial charge in [-0.15, -0.1) is 0 Å². The molecule has 3 aliphatic rings. The SMILES string of the molecule is CC[Si](C)(C)[Si]1(C)C2=[C]([Ti+2])C3=CC=C(O[Si](C)(C)C)C(=O)C3=C21.[Cl-].[Cl-]. The minimum absolute atomic E-state index is 0. The first-order valence-electron chi connectivity index (χ1n) is 8.33. The third kappa shape index (κ3) is 3.35. The van der Waals surface area contributed by atoms with Gasteiger partial charge in [-0.05, 0) is 0 Å². The second-order valence-electron chi connectivity index (χ2n) is 8.52. The fourth-order valence-corrected chi connectivity index (χ4v) is 19.9. The molecule has 0 radical (unpaired) electrons. The van der Waals surface area contributed by atoms with Crippen molar-refractivity contribution >= 4 is 29.3 Å². The van der Waals surface area contributed by atoms with Crippen molar-refractivity contribution in [1.29, 1.82) is 0 Å². The van der Waals surface area contributed by atoms with Crippen LogP contribution in [0.2, 0.25) is 45.3 Å². The Morgan fingerprint density at radius 3 is 2.12 bits per heavy atom. The van der Waals surface area contributed by atoms with Gasteiger partial charge in [-0.1, -0.05) is 0 Å². The van der Waals surface area contributed by atoms with Gasteiger partial charge in [0.2, 0.25) is 0 Å². The normalized spacial score (nSPS) is 24.8. The minimum Gasteiger partial charge on any atom is -1.00 e. The van der Waals surface area contributed by atoms with Crippen molar-refractivity contribution in [1.82, 2.24) is 0 Å². The molecule has 0 aromatic rings. The standard InChI is InChI=1S/C17H25O2Si3.2ClH.Ti/c1-8-21(5,6)22(7)14-11-12-9-10-13(19-20(2,3)4)16(18)15(12)17(14)22;;;/h9-10H,8H2,1-7H3;2*1H;/q;;;+2/p-2. The van der Waals surface area contributed by atoms with Gasteiger partial charge in [0.1, 0.15) is 0 Å². The van der Waals surface area contributed by atoms with Gasteiger partial charge in [0.05, 0.1) is 0 Å². The molecule has 2 aliphatic carbocycles. The number of halogens is 2. The van der Waals surface area contributed by atoms with E-state index in [0.717, 1.165) is 5.57 Å². The summed E-state index contributed by atoms with van der Waals surface area (Å²) in [5, 5.41) is 3.09. The van der Waals surface area contributed by atoms with Crippen LogP contribution in [0.4, 0.5) is 0 Å². The average molecular weight is 464 g/mol. The molecule has 25 heavy (non-hydrogen) atoms. The molecule has 0 amide bonds. The zero-order valence-corrected chi connectivity index (χ0v) is 22.0. The van der Waals surface area contributed by atoms with Crippen LogP contribution in [0.5, 0.6) is 0 Å². The van der Waals surface area contributed by atoms with Crippen LogP contribution in [0.15, 0.2) is 43.3 Å². The number of carbonyl (C=O) groups is 1. The molecule has 1 heterocycles. The van der Waals surface area contributed by atoms with Crippen LogP contribution in [0.1, 0.15) is 6.92 Å². The van der Waals surface area contributed by atoms with E-state index in [1.165, 1.54) is 20.7 Å². The molecule has 135 valence electrons. The first kappa shape index (κ1) is 23.4. The van der Waals surface area contributed by atoms with E-state index in [9.17, 15) is 4.79 Å². The molecule has 1 aliphatic heterocycles. The van der Waals surface area contributed by atoms with E-state index >= 15 is 0 Å². The Morgan fingerprint density at radius 2 is 1.64 bits per heavy atom. The number of allylic oxidation sites excluding steroid dienone is 7. The number of rotatable bonds is 4. The number of fused-ring (bicyclic) bond motifs is 2. The smallest absolute Gasteiger partial charge is 1.00 e. The van der Waals surface area contributed by atoms with Crippen LogP contribution in [0, 0.1) is 0 Å². The average Bonchev–Trinajstić information content (AvgIpc) is 2.93. The molecule has 2 nitrogen and oxygen atoms in total. The van der Waals surface area contributed by atoms with Crippen LogP contribution < -0.4 is 24.8 Å². The van der Waals surface area contributed by atoms with Crippen LogP contribution in [0.3, 0.4) is 0 Å². The second-order valence-corrected chi connectivity index (χ2v) is 28.5. The van der Waals surface area contributed by atoms with E-state index in [4.69, 9.17) is 4.43 Å². The molecule has 1 saturated heterocycles. The fraction of sp³-hybridized carbons (Fsp3) is 0.471. The molecular formula is C17H25Cl2O2Si3Ti. The zero-order chi connectivity index (χ0) is 17.4. The van der Waals surface area contributed by atoms with E-state index in [1.807, 2.05) is 6.08 Å². The Kier molecular flexibility index (Phi) is 6.63. The van der Waals surface area contributed by atoms with Crippen molar-refractivity contribution < 1.29 is 54.5 Å². The summed E-state index contributed by atoms with van der Waals surface area (Å²) in [6.45, 7) is 16.2. The number of ketones is 1. The van der Waals surface area contributed by atoms with Gasteiger partial charge in [0.25, 0.3) is 0 Å². The first-order chi connectivity index (χ1) is 10.5. The Balaban J connectivity index is 0.00000156. The molecule has 1 atom stereocenters. The third-order valence-corrected chi connectivity index (χ3v) is 25.7. The molecule has 0 spiro atoms. The Morgan fingerprint density at radius 1 is 1.08 bits per heavy atom. The Bertz CT molecular complexity index is 760. The fourth-order valence-electron chi connectivity index (χ4n) is 3.72. The van der Waals surface area contributed by atoms with Crippen molar-refractivity contribution in [3.8, 4) is 0 Å². The van der Waals surface area contributed by atoms with Crippen molar-refractivity contribution in [3.63, 3.8) is 0 Å². The van der Waals surface area contributed by atoms with Gasteiger partial charge in [-0.2, -0.15) is 0 Å². The molecule has 0 bridgehead atoms. The largest absolute Gasteiger partial charge is 1.00 e. The van der Waals surface area contributed by atoms with E-state index in [0.29, 0.717) is 5.76 Å². The quantitative estimate of drug-likeness (QED) is 0.466. The maximum atomic E-state index is 13.1. The number of hydrogen-bond acceptors (Lipinski definition) is 2. The number of Topliss-reactive ketones (excluding diaryl/α,β-unsaturated/α-hetero) is 1. The van der Waals surface area contributed by atoms with E-state index in [1.54, 1.807) is 5.20 Å². The molecule has 0 N–H and O–H groups in total. The van der Waals surface area contributed by atoms with Crippen LogP contribution in [-0.2, 0) is 29.7 Å². The molecule has 1 fully saturated rings. The van der Waals surface area contributed by atoms with E-state index < -0.39 is 23.5 Å². The van der Waals surface area contributed by atoms with Gasteiger partial charge < -0.3 is 24.8 Å². The second kappa shape index (κ2) is 7.08. The van der Waals surface area contributed by atoms with Crippen LogP contribution in [0.25, 0.3) is 0 Å². The molecule has 0 saturated carbocycles. The van der Waals surface area contributed by atoms with E-state index in [-0.39, 0.29) is 30.6 Å². The Hall–Kier alpha value is 0.375. The van der Waals surface area contributed by atoms with Crippen LogP contribution in [-0.4, -0.2) is 29.3 Å². The van der Waals surface area contributed by atoms with Crippen molar-refractivity contribution in [3.05, 3.63) is 43.3 Å². The summed E-state index contributed by atoms with van der Waals surface area (Å²) in [5.74, 6) is 0.718. The number of hydrogen-bond donors (Lipinski definition) is 0. The summed E-state index contributed by atoms with van der Waals surface area (Å²) in [6.07, 6.45) is 4.01. The maximum absolute atomic E-state index is 13.1. The predicted molar refractivity (Wildman–Crippen MR) is 99.2 cm³/mol. The summed E-state index contributed by atoms with van der Waals surface area (Å²) < 4.78 is 7.45. The summed E-state index contributed by atoms with van der Waals surface area (Å²) in [4.78, 5) is 13.1. The van der Waals surface area contributed by atoms with Gasteiger partial charge in [0.15, 0.2) is 0 Å². The van der Waals surface area contributed by atoms with Gasteiger partial charge in [-0.3, -0.25) is 0 Å². The summed E-state index contributed by atoms with van der Waals surface area (Å²) in [6, 6.07) is 1.30. The summed E-state index contributed by atoms with van der Waals surface area (Å²) in [5.41, 5.74) is 2.19. The number of carbonyl (C=O) groups excluding carboxylic acids is 1. The third-order valence-electron chi connectivity index (χ3n) is 5.73. The van der Waals surface area contributed by atoms with Gasteiger partial charge >= 0.3 is 155 Å². The molecule has 8 heteroatoms.